The number of likely N-dealkylation sites (N-methyl/N-ethyl adjacent to an activating group) is 1. The van der Waals surface area contributed by atoms with Crippen LogP contribution in [0.5, 0.6) is 5.75 Å². The predicted octanol–water partition coefficient (Wildman–Crippen LogP) is 2.15. The summed E-state index contributed by atoms with van der Waals surface area (Å²) in [5, 5.41) is 10.1. The number of piperidine rings is 2. The van der Waals surface area contributed by atoms with Gasteiger partial charge >= 0.3 is 0 Å². The van der Waals surface area contributed by atoms with Crippen LogP contribution >= 0.6 is 0 Å². The first kappa shape index (κ1) is 14.8. The van der Waals surface area contributed by atoms with Crippen LogP contribution < -0.4 is 0 Å². The van der Waals surface area contributed by atoms with Crippen LogP contribution in [0.3, 0.4) is 0 Å². The number of fused-ring (bicyclic) bond motifs is 1. The molecule has 2 aliphatic heterocycles. The van der Waals surface area contributed by atoms with Gasteiger partial charge < -0.3 is 14.9 Å². The molecule has 24 heavy (non-hydrogen) atoms. The molecule has 2 saturated heterocycles. The Morgan fingerprint density at radius 3 is 2.83 bits per heavy atom. The van der Waals surface area contributed by atoms with Crippen molar-refractivity contribution in [3.8, 4) is 5.75 Å². The van der Waals surface area contributed by atoms with Crippen LogP contribution in [0, 0.1) is 11.8 Å². The molecule has 3 fully saturated rings. The molecule has 0 spiro atoms. The van der Waals surface area contributed by atoms with Gasteiger partial charge in [-0.1, -0.05) is 6.07 Å². The largest absolute Gasteiger partial charge is 0.508 e. The molecular formula is C20H26N2O2. The lowest BCUT2D eigenvalue weighted by Gasteiger charge is -2.60. The van der Waals surface area contributed by atoms with E-state index in [1.807, 2.05) is 12.1 Å². The molecule has 128 valence electrons. The number of likely N-dealkylation sites (tertiary alicyclic amines) is 2. The zero-order chi connectivity index (χ0) is 16.5. The summed E-state index contributed by atoms with van der Waals surface area (Å²) < 4.78 is 0. The van der Waals surface area contributed by atoms with E-state index in [1.54, 1.807) is 0 Å². The lowest BCUT2D eigenvalue weighted by molar-refractivity contribution is -0.138. The minimum absolute atomic E-state index is 0.157. The lowest BCUT2D eigenvalue weighted by Crippen LogP contribution is -2.65. The maximum absolute atomic E-state index is 12.6. The molecule has 0 radical (unpaired) electrons. The van der Waals surface area contributed by atoms with Gasteiger partial charge in [-0.3, -0.25) is 4.79 Å². The summed E-state index contributed by atoms with van der Waals surface area (Å²) in [6.07, 6.45) is 5.42. The van der Waals surface area contributed by atoms with Gasteiger partial charge in [0.2, 0.25) is 5.91 Å². The molecule has 4 nitrogen and oxygen atoms in total. The maximum atomic E-state index is 12.6. The van der Waals surface area contributed by atoms with E-state index in [2.05, 4.69) is 22.9 Å². The second-order valence-electron chi connectivity index (χ2n) is 8.41. The summed E-state index contributed by atoms with van der Waals surface area (Å²) in [4.78, 5) is 17.3. The van der Waals surface area contributed by atoms with Crippen molar-refractivity contribution in [3.63, 3.8) is 0 Å². The number of hydrogen-bond acceptors (Lipinski definition) is 3. The molecule has 2 aliphatic carbocycles. The number of rotatable bonds is 1. The fraction of sp³-hybridized carbons (Fsp3) is 0.650. The summed E-state index contributed by atoms with van der Waals surface area (Å²) in [5.41, 5.74) is 2.93. The zero-order valence-electron chi connectivity index (χ0n) is 14.4. The number of phenols is 1. The normalized spacial score (nSPS) is 35.3. The van der Waals surface area contributed by atoms with Crippen molar-refractivity contribution in [1.82, 2.24) is 9.80 Å². The monoisotopic (exact) mass is 326 g/mol. The smallest absolute Gasteiger partial charge is 0.225 e. The van der Waals surface area contributed by atoms with Crippen LogP contribution in [0.2, 0.25) is 0 Å². The van der Waals surface area contributed by atoms with E-state index >= 15 is 0 Å². The molecule has 1 amide bonds. The number of phenolic OH excluding ortho intramolecular Hbond substituents is 1. The standard InChI is InChI=1S/C20H26N2O2/c1-21-8-6-20-7-9-22(19(24)13-2-3-13)12-17(20)18(21)10-14-4-5-15(23)11-16(14)20/h4-5,11,13,17-18,23H,2-3,6-10,12H2,1H3/t17-,18+,20+/m0/s1. The molecule has 3 atom stereocenters. The van der Waals surface area contributed by atoms with Crippen LogP contribution in [-0.4, -0.2) is 53.5 Å². The number of nitrogens with zero attached hydrogens (tertiary/aromatic N) is 2. The Kier molecular flexibility index (Phi) is 3.06. The fourth-order valence-corrected chi connectivity index (χ4v) is 5.66. The second-order valence-corrected chi connectivity index (χ2v) is 8.41. The highest BCUT2D eigenvalue weighted by atomic mass is 16.3. The van der Waals surface area contributed by atoms with Gasteiger partial charge in [0, 0.05) is 36.4 Å². The highest BCUT2D eigenvalue weighted by Crippen LogP contribution is 2.53. The van der Waals surface area contributed by atoms with Gasteiger partial charge in [-0.2, -0.15) is 0 Å². The third-order valence-corrected chi connectivity index (χ3v) is 7.19. The second kappa shape index (κ2) is 4.98. The quantitative estimate of drug-likeness (QED) is 0.860. The Labute approximate surface area is 143 Å². The van der Waals surface area contributed by atoms with E-state index in [0.29, 0.717) is 29.5 Å². The number of amides is 1. The molecule has 1 saturated carbocycles. The summed E-state index contributed by atoms with van der Waals surface area (Å²) >= 11 is 0. The highest BCUT2D eigenvalue weighted by Gasteiger charge is 2.55. The maximum Gasteiger partial charge on any atom is 0.225 e. The fourth-order valence-electron chi connectivity index (χ4n) is 5.66. The Morgan fingerprint density at radius 2 is 2.04 bits per heavy atom. The van der Waals surface area contributed by atoms with Crippen molar-refractivity contribution in [1.29, 1.82) is 0 Å². The van der Waals surface area contributed by atoms with Crippen LogP contribution in [0.1, 0.15) is 36.8 Å². The predicted molar refractivity (Wildman–Crippen MR) is 91.9 cm³/mol. The average molecular weight is 326 g/mol. The average Bonchev–Trinajstić information content (AvgIpc) is 3.42. The first-order chi connectivity index (χ1) is 11.6. The van der Waals surface area contributed by atoms with Crippen LogP contribution in [-0.2, 0) is 16.6 Å². The molecule has 5 rings (SSSR count). The Hall–Kier alpha value is -1.55. The molecule has 2 heterocycles. The highest BCUT2D eigenvalue weighted by molar-refractivity contribution is 5.81. The van der Waals surface area contributed by atoms with Crippen molar-refractivity contribution in [2.75, 3.05) is 26.7 Å². The number of aromatic hydroxyl groups is 1. The van der Waals surface area contributed by atoms with Crippen molar-refractivity contribution in [3.05, 3.63) is 29.3 Å². The van der Waals surface area contributed by atoms with E-state index in [-0.39, 0.29) is 5.41 Å². The molecule has 1 aromatic carbocycles. The van der Waals surface area contributed by atoms with E-state index in [0.717, 1.165) is 51.7 Å². The molecule has 1 aromatic rings. The Balaban J connectivity index is 1.55. The first-order valence-corrected chi connectivity index (χ1v) is 9.40. The number of carbonyl (C=O) groups is 1. The molecule has 2 bridgehead atoms. The van der Waals surface area contributed by atoms with Gasteiger partial charge in [0.1, 0.15) is 5.75 Å². The molecule has 0 unspecified atom stereocenters. The number of benzene rings is 1. The third kappa shape index (κ3) is 1.98. The molecule has 0 aromatic heterocycles. The molecule has 4 heteroatoms. The summed E-state index contributed by atoms with van der Waals surface area (Å²) in [6, 6.07) is 6.49. The summed E-state index contributed by atoms with van der Waals surface area (Å²) in [6.45, 7) is 2.91. The zero-order valence-corrected chi connectivity index (χ0v) is 14.4. The van der Waals surface area contributed by atoms with Gasteiger partial charge in [0.05, 0.1) is 0 Å². The van der Waals surface area contributed by atoms with Crippen molar-refractivity contribution in [2.24, 2.45) is 11.8 Å². The van der Waals surface area contributed by atoms with Crippen molar-refractivity contribution < 1.29 is 9.90 Å². The van der Waals surface area contributed by atoms with Gasteiger partial charge in [0.15, 0.2) is 0 Å². The van der Waals surface area contributed by atoms with Crippen LogP contribution in [0.4, 0.5) is 0 Å². The lowest BCUT2D eigenvalue weighted by atomic mass is 9.54. The topological polar surface area (TPSA) is 43.8 Å². The number of hydrogen-bond donors (Lipinski definition) is 1. The first-order valence-electron chi connectivity index (χ1n) is 9.40. The van der Waals surface area contributed by atoms with E-state index in [9.17, 15) is 9.90 Å². The van der Waals surface area contributed by atoms with E-state index in [1.165, 1.54) is 11.1 Å². The third-order valence-electron chi connectivity index (χ3n) is 7.19. The minimum atomic E-state index is 0.157. The SMILES string of the molecule is CN1CC[C@]23CCN(C(=O)C4CC4)C[C@H]2[C@H]1Cc1ccc(O)cc13. The molecule has 4 aliphatic rings. The van der Waals surface area contributed by atoms with Gasteiger partial charge in [-0.05, 0) is 69.0 Å². The van der Waals surface area contributed by atoms with Crippen molar-refractivity contribution >= 4 is 5.91 Å². The Bertz CT molecular complexity index is 699. The number of carbonyl (C=O) groups excluding carboxylic acids is 1. The van der Waals surface area contributed by atoms with Gasteiger partial charge in [-0.25, -0.2) is 0 Å². The van der Waals surface area contributed by atoms with E-state index in [4.69, 9.17) is 0 Å². The summed E-state index contributed by atoms with van der Waals surface area (Å²) in [7, 11) is 2.24. The van der Waals surface area contributed by atoms with Crippen molar-refractivity contribution in [2.45, 2.75) is 43.6 Å². The van der Waals surface area contributed by atoms with Gasteiger partial charge in [-0.15, -0.1) is 0 Å². The van der Waals surface area contributed by atoms with E-state index < -0.39 is 0 Å². The van der Waals surface area contributed by atoms with Crippen LogP contribution in [0.25, 0.3) is 0 Å². The molecule has 1 N–H and O–H groups in total. The van der Waals surface area contributed by atoms with Crippen LogP contribution in [0.15, 0.2) is 18.2 Å². The minimum Gasteiger partial charge on any atom is -0.508 e. The summed E-state index contributed by atoms with van der Waals surface area (Å²) in [5.74, 6) is 1.60. The van der Waals surface area contributed by atoms with Gasteiger partial charge in [0.25, 0.3) is 0 Å². The molecular weight excluding hydrogens is 300 g/mol. The Morgan fingerprint density at radius 1 is 1.25 bits per heavy atom.